The molecular weight excluding hydrogens is 422 g/mol. The summed E-state index contributed by atoms with van der Waals surface area (Å²) >= 11 is 0. The monoisotopic (exact) mass is 449 g/mol. The summed E-state index contributed by atoms with van der Waals surface area (Å²) in [6.45, 7) is 1.48. The molecule has 3 N–H and O–H groups in total. The van der Waals surface area contributed by atoms with Crippen molar-refractivity contribution in [1.29, 1.82) is 0 Å². The topological polar surface area (TPSA) is 111 Å². The number of ether oxygens (including phenoxy) is 1. The van der Waals surface area contributed by atoms with Crippen LogP contribution >= 0.6 is 0 Å². The van der Waals surface area contributed by atoms with Gasteiger partial charge in [-0.15, -0.1) is 0 Å². The Labute approximate surface area is 191 Å². The minimum Gasteiger partial charge on any atom is -0.497 e. The van der Waals surface area contributed by atoms with Crippen LogP contribution in [0.4, 0.5) is 9.59 Å². The second-order valence-electron chi connectivity index (χ2n) is 8.69. The van der Waals surface area contributed by atoms with Crippen LogP contribution < -0.4 is 10.1 Å². The highest BCUT2D eigenvalue weighted by atomic mass is 16.5. The van der Waals surface area contributed by atoms with E-state index >= 15 is 0 Å². The SMILES string of the molecule is COc1ccc(C[C@@H](NC(=O)N2CCC3CN(C(=O)O)CC32)c2nc3ccccc3[nH]2)cc1. The fourth-order valence-corrected chi connectivity index (χ4v) is 4.95. The van der Waals surface area contributed by atoms with E-state index in [2.05, 4.69) is 10.3 Å². The molecule has 3 amide bonds. The van der Waals surface area contributed by atoms with Crippen molar-refractivity contribution < 1.29 is 19.4 Å². The number of benzene rings is 2. The van der Waals surface area contributed by atoms with Gasteiger partial charge in [-0.2, -0.15) is 0 Å². The van der Waals surface area contributed by atoms with Crippen LogP contribution in [0, 0.1) is 5.92 Å². The number of hydrogen-bond donors (Lipinski definition) is 3. The first-order valence-electron chi connectivity index (χ1n) is 11.1. The summed E-state index contributed by atoms with van der Waals surface area (Å²) < 4.78 is 5.26. The van der Waals surface area contributed by atoms with Gasteiger partial charge in [0.05, 0.1) is 30.2 Å². The first kappa shape index (κ1) is 21.1. The molecule has 2 saturated heterocycles. The largest absolute Gasteiger partial charge is 0.497 e. The van der Waals surface area contributed by atoms with Crippen LogP contribution in [0.3, 0.4) is 0 Å². The number of aromatic amines is 1. The van der Waals surface area contributed by atoms with Crippen LogP contribution in [0.25, 0.3) is 11.0 Å². The number of likely N-dealkylation sites (tertiary alicyclic amines) is 2. The summed E-state index contributed by atoms with van der Waals surface area (Å²) in [4.78, 5) is 36.0. The Morgan fingerprint density at radius 2 is 2.00 bits per heavy atom. The van der Waals surface area contributed by atoms with Gasteiger partial charge in [0.1, 0.15) is 11.6 Å². The number of urea groups is 1. The van der Waals surface area contributed by atoms with Gasteiger partial charge >= 0.3 is 12.1 Å². The number of amides is 3. The molecule has 3 atom stereocenters. The third-order valence-electron chi connectivity index (χ3n) is 6.71. The molecule has 1 aromatic heterocycles. The molecule has 172 valence electrons. The second-order valence-corrected chi connectivity index (χ2v) is 8.69. The van der Waals surface area contributed by atoms with Gasteiger partial charge in [-0.1, -0.05) is 24.3 Å². The fourth-order valence-electron chi connectivity index (χ4n) is 4.95. The van der Waals surface area contributed by atoms with Crippen LogP contribution in [0.2, 0.25) is 0 Å². The number of carboxylic acid groups (broad SMARTS) is 1. The molecule has 0 bridgehead atoms. The zero-order valence-corrected chi connectivity index (χ0v) is 18.4. The second kappa shape index (κ2) is 8.65. The fraction of sp³-hybridized carbons (Fsp3) is 0.375. The molecule has 3 aromatic rings. The summed E-state index contributed by atoms with van der Waals surface area (Å²) in [5.41, 5.74) is 2.80. The lowest BCUT2D eigenvalue weighted by atomic mass is 10.0. The third-order valence-corrected chi connectivity index (χ3v) is 6.71. The molecule has 2 aromatic carbocycles. The van der Waals surface area contributed by atoms with Crippen molar-refractivity contribution in [2.24, 2.45) is 5.92 Å². The van der Waals surface area contributed by atoms with Crippen molar-refractivity contribution in [2.75, 3.05) is 26.7 Å². The van der Waals surface area contributed by atoms with Gasteiger partial charge < -0.3 is 29.9 Å². The molecule has 0 radical (unpaired) electrons. The average Bonchev–Trinajstić information content (AvgIpc) is 3.52. The molecule has 2 aliphatic rings. The molecular formula is C24H27N5O4. The van der Waals surface area contributed by atoms with E-state index in [0.717, 1.165) is 28.8 Å². The van der Waals surface area contributed by atoms with Crippen molar-refractivity contribution in [3.8, 4) is 5.75 Å². The highest BCUT2D eigenvalue weighted by Gasteiger charge is 2.45. The molecule has 0 aliphatic carbocycles. The molecule has 5 rings (SSSR count). The zero-order chi connectivity index (χ0) is 22.9. The van der Waals surface area contributed by atoms with E-state index in [1.165, 1.54) is 4.90 Å². The quantitative estimate of drug-likeness (QED) is 0.554. The minimum absolute atomic E-state index is 0.0848. The first-order chi connectivity index (χ1) is 16.0. The molecule has 9 nitrogen and oxygen atoms in total. The highest BCUT2D eigenvalue weighted by molar-refractivity contribution is 5.77. The van der Waals surface area contributed by atoms with Crippen molar-refractivity contribution in [3.05, 3.63) is 59.9 Å². The number of imidazole rings is 1. The Hall–Kier alpha value is -3.75. The molecule has 2 aliphatic heterocycles. The number of aromatic nitrogens is 2. The molecule has 9 heteroatoms. The maximum atomic E-state index is 13.3. The number of nitrogens with one attached hydrogen (secondary N) is 2. The van der Waals surface area contributed by atoms with Crippen molar-refractivity contribution in [1.82, 2.24) is 25.1 Å². The van der Waals surface area contributed by atoms with Gasteiger partial charge in [-0.25, -0.2) is 14.6 Å². The van der Waals surface area contributed by atoms with Crippen LogP contribution in [0.1, 0.15) is 23.9 Å². The number of rotatable bonds is 5. The van der Waals surface area contributed by atoms with Crippen molar-refractivity contribution >= 4 is 23.2 Å². The molecule has 0 spiro atoms. The summed E-state index contributed by atoms with van der Waals surface area (Å²) in [5, 5.41) is 12.5. The predicted octanol–water partition coefficient (Wildman–Crippen LogP) is 3.25. The predicted molar refractivity (Wildman–Crippen MR) is 122 cm³/mol. The lowest BCUT2D eigenvalue weighted by Crippen LogP contribution is -2.47. The number of carbonyl (C=O) groups excluding carboxylic acids is 1. The summed E-state index contributed by atoms with van der Waals surface area (Å²) in [6.07, 6.45) is 0.443. The number of hydrogen-bond acceptors (Lipinski definition) is 4. The number of H-pyrrole nitrogens is 1. The summed E-state index contributed by atoms with van der Waals surface area (Å²) in [5.74, 6) is 1.66. The lowest BCUT2D eigenvalue weighted by molar-refractivity contribution is 0.147. The standard InChI is InChI=1S/C24H27N5O4/c1-33-17-8-6-15(7-9-17)12-20(22-25-18-4-2-3-5-19(18)26-22)27-23(30)29-11-10-16-13-28(24(31)32)14-21(16)29/h2-9,16,20-21H,10-14H2,1H3,(H,25,26)(H,27,30)(H,31,32)/t16?,20-,21?/m1/s1. The Balaban J connectivity index is 1.38. The lowest BCUT2D eigenvalue weighted by Gasteiger charge is -2.27. The maximum Gasteiger partial charge on any atom is 0.407 e. The molecule has 0 saturated carbocycles. The van der Waals surface area contributed by atoms with Gasteiger partial charge in [0.15, 0.2) is 0 Å². The average molecular weight is 450 g/mol. The van der Waals surface area contributed by atoms with Gasteiger partial charge in [-0.05, 0) is 42.7 Å². The Kier molecular flexibility index (Phi) is 5.53. The van der Waals surface area contributed by atoms with E-state index in [0.29, 0.717) is 31.9 Å². The van der Waals surface area contributed by atoms with Gasteiger partial charge in [0.25, 0.3) is 0 Å². The molecule has 2 fully saturated rings. The van der Waals surface area contributed by atoms with E-state index in [9.17, 15) is 14.7 Å². The van der Waals surface area contributed by atoms with Crippen LogP contribution in [0.5, 0.6) is 5.75 Å². The van der Waals surface area contributed by atoms with E-state index in [1.807, 2.05) is 48.5 Å². The minimum atomic E-state index is -0.926. The van der Waals surface area contributed by atoms with E-state index < -0.39 is 6.09 Å². The zero-order valence-electron chi connectivity index (χ0n) is 18.4. The number of para-hydroxylation sites is 2. The third kappa shape index (κ3) is 4.18. The number of methoxy groups -OCH3 is 1. The van der Waals surface area contributed by atoms with Crippen molar-refractivity contribution in [3.63, 3.8) is 0 Å². The van der Waals surface area contributed by atoms with Gasteiger partial charge in [-0.3, -0.25) is 0 Å². The normalized spacial score (nSPS) is 20.6. The van der Waals surface area contributed by atoms with Crippen LogP contribution in [-0.2, 0) is 6.42 Å². The van der Waals surface area contributed by atoms with E-state index in [-0.39, 0.29) is 24.0 Å². The molecule has 3 heterocycles. The van der Waals surface area contributed by atoms with E-state index in [4.69, 9.17) is 9.72 Å². The van der Waals surface area contributed by atoms with Crippen LogP contribution in [0.15, 0.2) is 48.5 Å². The van der Waals surface area contributed by atoms with Gasteiger partial charge in [0, 0.05) is 25.6 Å². The van der Waals surface area contributed by atoms with Crippen LogP contribution in [-0.4, -0.2) is 69.8 Å². The Morgan fingerprint density at radius 1 is 1.21 bits per heavy atom. The molecule has 33 heavy (non-hydrogen) atoms. The smallest absolute Gasteiger partial charge is 0.407 e. The van der Waals surface area contributed by atoms with Gasteiger partial charge in [0.2, 0.25) is 0 Å². The Morgan fingerprint density at radius 3 is 2.73 bits per heavy atom. The highest BCUT2D eigenvalue weighted by Crippen LogP contribution is 2.32. The van der Waals surface area contributed by atoms with E-state index in [1.54, 1.807) is 12.0 Å². The number of carbonyl (C=O) groups is 2. The maximum absolute atomic E-state index is 13.3. The molecule has 2 unspecified atom stereocenters. The first-order valence-corrected chi connectivity index (χ1v) is 11.1. The summed E-state index contributed by atoms with van der Waals surface area (Å²) in [7, 11) is 1.63. The number of nitrogens with zero attached hydrogens (tertiary/aromatic N) is 3. The number of fused-ring (bicyclic) bond motifs is 2. The Bertz CT molecular complexity index is 1130. The van der Waals surface area contributed by atoms with Crippen molar-refractivity contribution in [2.45, 2.75) is 24.9 Å². The summed E-state index contributed by atoms with van der Waals surface area (Å²) in [6, 6.07) is 14.9.